The number of carbonyl (C=O) groups excluding carboxylic acids is 4. The molecule has 1 fully saturated rings. The molecule has 2 aromatic carbocycles. The minimum atomic E-state index is -2.13. The average Bonchev–Trinajstić information content (AvgIpc) is 2.95. The minimum absolute atomic E-state index is 0.185. The number of nitroso groups, excluding NO2 is 1. The minimum Gasteiger partial charge on any atom is -0.507 e. The molecule has 15 heteroatoms. The van der Waals surface area contributed by atoms with Crippen LogP contribution in [0.3, 0.4) is 0 Å². The van der Waals surface area contributed by atoms with Crippen LogP contribution in [0.4, 0.5) is 4.79 Å². The van der Waals surface area contributed by atoms with Crippen LogP contribution in [0.15, 0.2) is 23.5 Å². The number of hydrogen-bond donors (Lipinski definition) is 6. The van der Waals surface area contributed by atoms with Crippen molar-refractivity contribution in [1.29, 1.82) is 0 Å². The van der Waals surface area contributed by atoms with Crippen LogP contribution in [-0.4, -0.2) is 91.1 Å². The predicted octanol–water partition coefficient (Wildman–Crippen LogP) is 1.09. The standard InChI is InChI=1S/C28H29N3O12/c1-10-22(34)14(29-27(39)31(3)30-41)7-17(42-10)43-16-9-28(40,11(2)32)8-13-19(16)26(38)21-20(24(13)36)23(35)12-5-4-6-15(33)18(12)25(21)37/h4-6,10,14,16-17,22,33-34,36,38,40H,7-9H2,1-3H3,(H,29,39)/t10-,14-,16-,17-,22+,28-/m0/s1. The van der Waals surface area contributed by atoms with Crippen LogP contribution in [0, 0.1) is 4.91 Å². The van der Waals surface area contributed by atoms with E-state index < -0.39 is 101 Å². The lowest BCUT2D eigenvalue weighted by Gasteiger charge is -2.42. The quantitative estimate of drug-likeness (QED) is 0.137. The van der Waals surface area contributed by atoms with Crippen molar-refractivity contribution in [3.8, 4) is 17.2 Å². The zero-order valence-corrected chi connectivity index (χ0v) is 23.2. The van der Waals surface area contributed by atoms with Crippen LogP contribution >= 0.6 is 0 Å². The Bertz CT molecular complexity index is 1570. The van der Waals surface area contributed by atoms with Gasteiger partial charge in [0.25, 0.3) is 0 Å². The van der Waals surface area contributed by atoms with Crippen LogP contribution in [0.2, 0.25) is 0 Å². The molecule has 2 amide bonds. The Hall–Kier alpha value is -4.44. The second-order valence-electron chi connectivity index (χ2n) is 10.9. The van der Waals surface area contributed by atoms with E-state index in [9.17, 15) is 49.6 Å². The first-order valence-corrected chi connectivity index (χ1v) is 13.3. The van der Waals surface area contributed by atoms with Gasteiger partial charge in [-0.2, -0.15) is 5.01 Å². The zero-order valence-electron chi connectivity index (χ0n) is 23.2. The van der Waals surface area contributed by atoms with Crippen molar-refractivity contribution in [1.82, 2.24) is 10.3 Å². The molecule has 1 saturated heterocycles. The zero-order chi connectivity index (χ0) is 31.5. The number of Topliss-reactive ketones (excluding diaryl/α,β-unsaturated/α-hetero) is 1. The summed E-state index contributed by atoms with van der Waals surface area (Å²) >= 11 is 0. The van der Waals surface area contributed by atoms with Crippen molar-refractivity contribution in [2.75, 3.05) is 7.05 Å². The van der Waals surface area contributed by atoms with Gasteiger partial charge in [-0.3, -0.25) is 14.4 Å². The Morgan fingerprint density at radius 2 is 1.79 bits per heavy atom. The molecule has 3 aliphatic rings. The van der Waals surface area contributed by atoms with E-state index >= 15 is 0 Å². The molecular formula is C28H29N3O12. The fraction of sp³-hybridized carbons (Fsp3) is 0.429. The third kappa shape index (κ3) is 4.79. The number of amides is 2. The number of nitrogens with zero attached hydrogens (tertiary/aromatic N) is 2. The predicted molar refractivity (Wildman–Crippen MR) is 143 cm³/mol. The van der Waals surface area contributed by atoms with E-state index in [0.717, 1.165) is 14.0 Å². The first-order valence-electron chi connectivity index (χ1n) is 13.3. The number of urea groups is 1. The highest BCUT2D eigenvalue weighted by molar-refractivity contribution is 6.31. The molecule has 1 aliphatic heterocycles. The van der Waals surface area contributed by atoms with E-state index in [1.54, 1.807) is 0 Å². The van der Waals surface area contributed by atoms with Crippen molar-refractivity contribution >= 4 is 23.4 Å². The molecule has 2 aliphatic carbocycles. The van der Waals surface area contributed by atoms with Gasteiger partial charge in [0.05, 0.1) is 40.2 Å². The largest absolute Gasteiger partial charge is 0.507 e. The van der Waals surface area contributed by atoms with Gasteiger partial charge in [0.15, 0.2) is 17.9 Å². The smallest absolute Gasteiger partial charge is 0.340 e. The molecule has 228 valence electrons. The van der Waals surface area contributed by atoms with Gasteiger partial charge >= 0.3 is 6.03 Å². The molecule has 5 rings (SSSR count). The Balaban J connectivity index is 1.59. The number of fused-ring (bicyclic) bond motifs is 3. The highest BCUT2D eigenvalue weighted by Gasteiger charge is 2.49. The number of phenolic OH excluding ortho intramolecular Hbond substituents is 3. The lowest BCUT2D eigenvalue weighted by atomic mass is 9.72. The number of benzene rings is 2. The van der Waals surface area contributed by atoms with Gasteiger partial charge in [0.2, 0.25) is 5.78 Å². The Kier molecular flexibility index (Phi) is 7.46. The van der Waals surface area contributed by atoms with Gasteiger partial charge in [-0.15, -0.1) is 4.91 Å². The van der Waals surface area contributed by atoms with Crippen molar-refractivity contribution in [2.45, 2.75) is 69.4 Å². The molecule has 0 bridgehead atoms. The highest BCUT2D eigenvalue weighted by atomic mass is 16.7. The van der Waals surface area contributed by atoms with Gasteiger partial charge in [0, 0.05) is 43.0 Å². The van der Waals surface area contributed by atoms with Crippen molar-refractivity contribution in [3.05, 3.63) is 56.5 Å². The highest BCUT2D eigenvalue weighted by Crippen LogP contribution is 2.52. The molecule has 43 heavy (non-hydrogen) atoms. The first kappa shape index (κ1) is 30.0. The van der Waals surface area contributed by atoms with E-state index in [4.69, 9.17) is 9.47 Å². The molecule has 0 aromatic heterocycles. The summed E-state index contributed by atoms with van der Waals surface area (Å²) in [6.07, 6.45) is -6.02. The van der Waals surface area contributed by atoms with Crippen molar-refractivity contribution in [2.24, 2.45) is 5.29 Å². The SMILES string of the molecule is CC(=O)[C@]1(O)Cc2c(O)c3c(c(O)c2[C@@H](O[C@H]2C[C@H](NC(=O)N(C)N=O)[C@H](O)[C@H](C)O2)C1)C(=O)c1c(O)cccc1C3=O. The van der Waals surface area contributed by atoms with Gasteiger partial charge in [-0.05, 0) is 19.9 Å². The second kappa shape index (κ2) is 10.7. The fourth-order valence-electron chi connectivity index (χ4n) is 5.90. The number of nitrogens with one attached hydrogen (secondary N) is 1. The van der Waals surface area contributed by atoms with Crippen LogP contribution in [0.5, 0.6) is 17.2 Å². The summed E-state index contributed by atoms with van der Waals surface area (Å²) in [5.41, 5.74) is -4.22. The van der Waals surface area contributed by atoms with E-state index in [1.165, 1.54) is 25.1 Å². The first-order chi connectivity index (χ1) is 20.2. The van der Waals surface area contributed by atoms with E-state index in [1.807, 2.05) is 0 Å². The molecule has 0 saturated carbocycles. The Labute approximate surface area is 243 Å². The van der Waals surface area contributed by atoms with Crippen LogP contribution in [-0.2, 0) is 20.7 Å². The third-order valence-electron chi connectivity index (χ3n) is 8.27. The van der Waals surface area contributed by atoms with Gasteiger partial charge in [-0.1, -0.05) is 12.1 Å². The number of rotatable bonds is 5. The molecule has 6 atom stereocenters. The maximum atomic E-state index is 13.5. The van der Waals surface area contributed by atoms with Crippen molar-refractivity contribution < 1.29 is 54.2 Å². The number of hydrogen-bond acceptors (Lipinski definition) is 13. The molecular weight excluding hydrogens is 570 g/mol. The summed E-state index contributed by atoms with van der Waals surface area (Å²) in [4.78, 5) is 62.5. The second-order valence-corrected chi connectivity index (χ2v) is 10.9. The maximum absolute atomic E-state index is 13.5. The molecule has 0 unspecified atom stereocenters. The van der Waals surface area contributed by atoms with E-state index in [2.05, 4.69) is 10.6 Å². The molecule has 15 nitrogen and oxygen atoms in total. The average molecular weight is 600 g/mol. The number of carbonyl (C=O) groups is 4. The Morgan fingerprint density at radius 1 is 1.12 bits per heavy atom. The van der Waals surface area contributed by atoms with Gasteiger partial charge in [-0.25, -0.2) is 4.79 Å². The van der Waals surface area contributed by atoms with Crippen LogP contribution in [0.25, 0.3) is 0 Å². The normalized spacial score (nSPS) is 27.9. The number of aromatic hydroxyl groups is 3. The molecule has 6 N–H and O–H groups in total. The maximum Gasteiger partial charge on any atom is 0.340 e. The molecule has 1 heterocycles. The van der Waals surface area contributed by atoms with E-state index in [-0.39, 0.29) is 28.7 Å². The summed E-state index contributed by atoms with van der Waals surface area (Å²) in [5, 5.41) is 60.5. The molecule has 2 aromatic rings. The summed E-state index contributed by atoms with van der Waals surface area (Å²) in [6, 6.07) is 1.88. The number of ether oxygens (including phenoxy) is 2. The van der Waals surface area contributed by atoms with Gasteiger partial charge in [0.1, 0.15) is 29.0 Å². The monoisotopic (exact) mass is 599 g/mol. The Morgan fingerprint density at radius 3 is 2.44 bits per heavy atom. The lowest BCUT2D eigenvalue weighted by molar-refractivity contribution is -0.248. The number of ketones is 3. The lowest BCUT2D eigenvalue weighted by Crippen LogP contribution is -2.57. The number of phenols is 3. The van der Waals surface area contributed by atoms with Crippen molar-refractivity contribution in [3.63, 3.8) is 0 Å². The summed E-state index contributed by atoms with van der Waals surface area (Å²) in [6.45, 7) is 2.60. The third-order valence-corrected chi connectivity index (χ3v) is 8.27. The fourth-order valence-corrected chi connectivity index (χ4v) is 5.90. The van der Waals surface area contributed by atoms with Crippen LogP contribution < -0.4 is 5.32 Å². The summed E-state index contributed by atoms with van der Waals surface area (Å²) in [5.74, 6) is -4.51. The topological polar surface area (TPSA) is 233 Å². The summed E-state index contributed by atoms with van der Waals surface area (Å²) < 4.78 is 11.8. The molecule has 0 spiro atoms. The number of aliphatic hydroxyl groups is 2. The van der Waals surface area contributed by atoms with Gasteiger partial charge < -0.3 is 40.3 Å². The van der Waals surface area contributed by atoms with E-state index in [0.29, 0.717) is 5.01 Å². The molecule has 0 radical (unpaired) electrons. The van der Waals surface area contributed by atoms with Crippen LogP contribution in [0.1, 0.15) is 75.8 Å². The summed E-state index contributed by atoms with van der Waals surface area (Å²) in [7, 11) is 1.10. The number of aliphatic hydroxyl groups excluding tert-OH is 1.